The van der Waals surface area contributed by atoms with Gasteiger partial charge in [-0.1, -0.05) is 29.6 Å². The van der Waals surface area contributed by atoms with E-state index in [0.717, 1.165) is 45.7 Å². The van der Waals surface area contributed by atoms with Crippen LogP contribution in [0.25, 0.3) is 0 Å². The van der Waals surface area contributed by atoms with Gasteiger partial charge in [0.05, 0.1) is 13.2 Å². The van der Waals surface area contributed by atoms with Crippen molar-refractivity contribution in [2.75, 3.05) is 32.8 Å². The number of halogens is 4. The van der Waals surface area contributed by atoms with Crippen molar-refractivity contribution in [1.29, 1.82) is 0 Å². The fourth-order valence-corrected chi connectivity index (χ4v) is 3.01. The lowest BCUT2D eigenvalue weighted by atomic mass is 10.1. The summed E-state index contributed by atoms with van der Waals surface area (Å²) in [4.78, 5) is 18.1. The number of pyridine rings is 1. The van der Waals surface area contributed by atoms with Crippen molar-refractivity contribution in [1.82, 2.24) is 9.88 Å². The van der Waals surface area contributed by atoms with Crippen molar-refractivity contribution >= 4 is 54.0 Å². The molecular formula is C16H25Cl4N3O3. The summed E-state index contributed by atoms with van der Waals surface area (Å²) in [5.41, 5.74) is 6.58. The van der Waals surface area contributed by atoms with Gasteiger partial charge < -0.3 is 15.2 Å². The Morgan fingerprint density at radius 3 is 2.46 bits per heavy atom. The molecule has 0 radical (unpaired) electrons. The number of hydrogen-bond donors (Lipinski definition) is 1. The lowest BCUT2D eigenvalue weighted by Crippen LogP contribution is -2.37. The van der Waals surface area contributed by atoms with E-state index in [1.807, 2.05) is 0 Å². The summed E-state index contributed by atoms with van der Waals surface area (Å²) in [6.07, 6.45) is 2.51. The molecular weight excluding hydrogens is 424 g/mol. The first-order chi connectivity index (χ1) is 11.5. The molecule has 0 unspecified atom stereocenters. The molecule has 10 heteroatoms. The first-order valence-corrected chi connectivity index (χ1v) is 8.84. The normalized spacial score (nSPS) is 15.5. The highest BCUT2D eigenvalue weighted by Crippen LogP contribution is 2.15. The second kappa shape index (κ2) is 13.8. The molecule has 1 aliphatic heterocycles. The molecule has 150 valence electrons. The van der Waals surface area contributed by atoms with Gasteiger partial charge in [0.25, 0.3) is 0 Å². The van der Waals surface area contributed by atoms with Crippen LogP contribution in [0.3, 0.4) is 0 Å². The molecule has 2 N–H and O–H groups in total. The summed E-state index contributed by atoms with van der Waals surface area (Å²) in [6.45, 7) is 4.65. The van der Waals surface area contributed by atoms with E-state index in [0.29, 0.717) is 12.0 Å². The van der Waals surface area contributed by atoms with Gasteiger partial charge in [-0.2, -0.15) is 0 Å². The maximum Gasteiger partial charge on any atom is 0.323 e. The fourth-order valence-electron chi connectivity index (χ4n) is 2.50. The Morgan fingerprint density at radius 2 is 1.85 bits per heavy atom. The third-order valence-corrected chi connectivity index (χ3v) is 4.24. The highest BCUT2D eigenvalue weighted by atomic mass is 35.5. The van der Waals surface area contributed by atoms with E-state index < -0.39 is 12.0 Å². The van der Waals surface area contributed by atoms with Gasteiger partial charge in [0, 0.05) is 13.1 Å². The number of ether oxygens (including phenoxy) is 2. The average molecular weight is 449 g/mol. The van der Waals surface area contributed by atoms with Crippen molar-refractivity contribution in [2.24, 2.45) is 5.73 Å². The van der Waals surface area contributed by atoms with Gasteiger partial charge in [0.15, 0.2) is 0 Å². The first kappa shape index (κ1) is 25.7. The van der Waals surface area contributed by atoms with E-state index in [-0.39, 0.29) is 41.7 Å². The van der Waals surface area contributed by atoms with E-state index >= 15 is 0 Å². The lowest BCUT2D eigenvalue weighted by Gasteiger charge is -2.26. The Labute approximate surface area is 176 Å². The monoisotopic (exact) mass is 447 g/mol. The second-order valence-electron chi connectivity index (χ2n) is 5.78. The number of hydrogen-bond acceptors (Lipinski definition) is 6. The summed E-state index contributed by atoms with van der Waals surface area (Å²) in [7, 11) is 0. The third kappa shape index (κ3) is 9.55. The molecule has 1 fully saturated rings. The Balaban J connectivity index is 0.00000312. The number of unbranched alkanes of at least 4 members (excludes halogenated alkanes) is 1. The number of esters is 1. The zero-order valence-corrected chi connectivity index (χ0v) is 17.5. The van der Waals surface area contributed by atoms with Crippen molar-refractivity contribution in [3.05, 3.63) is 28.0 Å². The van der Waals surface area contributed by atoms with Crippen molar-refractivity contribution in [2.45, 2.75) is 31.9 Å². The van der Waals surface area contributed by atoms with Crippen LogP contribution in [0.5, 0.6) is 0 Å². The van der Waals surface area contributed by atoms with Gasteiger partial charge in [-0.15, -0.1) is 24.8 Å². The van der Waals surface area contributed by atoms with Gasteiger partial charge >= 0.3 is 5.97 Å². The summed E-state index contributed by atoms with van der Waals surface area (Å²) >= 11 is 11.6. The minimum Gasteiger partial charge on any atom is -0.460 e. The van der Waals surface area contributed by atoms with Crippen LogP contribution in [-0.2, 0) is 20.9 Å². The number of rotatable bonds is 8. The Bertz CT molecular complexity index is 525. The molecule has 0 amide bonds. The van der Waals surface area contributed by atoms with Crippen LogP contribution in [-0.4, -0.2) is 54.7 Å². The van der Waals surface area contributed by atoms with Gasteiger partial charge in [-0.3, -0.25) is 9.69 Å². The maximum atomic E-state index is 11.9. The highest BCUT2D eigenvalue weighted by Gasteiger charge is 2.16. The van der Waals surface area contributed by atoms with Gasteiger partial charge in [0.1, 0.15) is 23.0 Å². The number of nitrogens with zero attached hydrogens (tertiary/aromatic N) is 2. The van der Waals surface area contributed by atoms with Crippen molar-refractivity contribution in [3.8, 4) is 0 Å². The molecule has 2 heterocycles. The van der Waals surface area contributed by atoms with Crippen LogP contribution < -0.4 is 5.73 Å². The molecule has 1 aliphatic rings. The second-order valence-corrected chi connectivity index (χ2v) is 6.56. The minimum absolute atomic E-state index is 0. The first-order valence-electron chi connectivity index (χ1n) is 8.09. The molecule has 1 atom stereocenters. The van der Waals surface area contributed by atoms with Crippen LogP contribution in [0.1, 0.15) is 24.8 Å². The summed E-state index contributed by atoms with van der Waals surface area (Å²) < 4.78 is 10.5. The summed E-state index contributed by atoms with van der Waals surface area (Å²) in [5.74, 6) is -0.412. The van der Waals surface area contributed by atoms with Crippen molar-refractivity contribution in [3.63, 3.8) is 0 Å². The van der Waals surface area contributed by atoms with Gasteiger partial charge in [-0.25, -0.2) is 4.98 Å². The third-order valence-electron chi connectivity index (χ3n) is 3.85. The van der Waals surface area contributed by atoms with Crippen molar-refractivity contribution < 1.29 is 14.3 Å². The van der Waals surface area contributed by atoms with Crippen LogP contribution in [0.15, 0.2) is 12.1 Å². The number of carbonyl (C=O) groups is 1. The lowest BCUT2D eigenvalue weighted by molar-refractivity contribution is -0.146. The molecule has 2 rings (SSSR count). The largest absolute Gasteiger partial charge is 0.460 e. The van der Waals surface area contributed by atoms with E-state index in [1.54, 1.807) is 12.1 Å². The molecule has 1 saturated heterocycles. The standard InChI is InChI=1S/C16H23Cl2N3O3.2ClH/c17-14-9-12(10-15(18)20-14)11-24-16(22)13(19)3-1-2-4-21-5-7-23-8-6-21;;/h9-10,13H,1-8,11,19H2;2*1H/t13-;;/m0../s1. The maximum absolute atomic E-state index is 11.9. The number of carbonyl (C=O) groups excluding carboxylic acids is 1. The van der Waals surface area contributed by atoms with E-state index in [4.69, 9.17) is 38.4 Å². The summed E-state index contributed by atoms with van der Waals surface area (Å²) in [6, 6.07) is 2.60. The minimum atomic E-state index is -0.609. The molecule has 0 aromatic carbocycles. The predicted molar refractivity (Wildman–Crippen MR) is 108 cm³/mol. The smallest absolute Gasteiger partial charge is 0.323 e. The number of nitrogens with two attached hydrogens (primary N) is 1. The molecule has 0 bridgehead atoms. The van der Waals surface area contributed by atoms with E-state index in [1.165, 1.54) is 0 Å². The molecule has 1 aromatic rings. The van der Waals surface area contributed by atoms with Gasteiger partial charge in [0.2, 0.25) is 0 Å². The Kier molecular flexibility index (Phi) is 13.6. The highest BCUT2D eigenvalue weighted by molar-refractivity contribution is 6.32. The molecule has 0 saturated carbocycles. The number of aromatic nitrogens is 1. The zero-order valence-electron chi connectivity index (χ0n) is 14.4. The Hall–Kier alpha value is -0.340. The summed E-state index contributed by atoms with van der Waals surface area (Å²) in [5, 5.41) is 0.530. The van der Waals surface area contributed by atoms with Crippen LogP contribution in [0, 0.1) is 0 Å². The quantitative estimate of drug-likeness (QED) is 0.374. The average Bonchev–Trinajstić information content (AvgIpc) is 2.56. The van der Waals surface area contributed by atoms with E-state index in [2.05, 4.69) is 9.88 Å². The molecule has 1 aromatic heterocycles. The van der Waals surface area contributed by atoms with Crippen LogP contribution in [0.4, 0.5) is 0 Å². The zero-order chi connectivity index (χ0) is 17.4. The fraction of sp³-hybridized carbons (Fsp3) is 0.625. The molecule has 0 aliphatic carbocycles. The topological polar surface area (TPSA) is 77.7 Å². The molecule has 26 heavy (non-hydrogen) atoms. The molecule has 6 nitrogen and oxygen atoms in total. The Morgan fingerprint density at radius 1 is 1.23 bits per heavy atom. The van der Waals surface area contributed by atoms with Crippen LogP contribution in [0.2, 0.25) is 10.3 Å². The number of morpholine rings is 1. The van der Waals surface area contributed by atoms with E-state index in [9.17, 15) is 4.79 Å². The van der Waals surface area contributed by atoms with Crippen LogP contribution >= 0.6 is 48.0 Å². The SMILES string of the molecule is Cl.Cl.N[C@@H](CCCCN1CCOCC1)C(=O)OCc1cc(Cl)nc(Cl)c1. The van der Waals surface area contributed by atoms with Gasteiger partial charge in [-0.05, 0) is 37.1 Å². The molecule has 0 spiro atoms. The predicted octanol–water partition coefficient (Wildman–Crippen LogP) is 3.11.